The van der Waals surface area contributed by atoms with E-state index in [1.165, 1.54) is 25.9 Å². The Labute approximate surface area is 70.0 Å². The van der Waals surface area contributed by atoms with Crippen LogP contribution in [0.4, 0.5) is 0 Å². The predicted molar refractivity (Wildman–Crippen MR) is 47.7 cm³/mol. The fraction of sp³-hybridized carbons (Fsp3) is 1.00. The highest BCUT2D eigenvalue weighted by molar-refractivity contribution is 5.85. The Kier molecular flexibility index (Phi) is 5.10. The van der Waals surface area contributed by atoms with Crippen molar-refractivity contribution in [1.82, 2.24) is 5.32 Å². The van der Waals surface area contributed by atoms with Gasteiger partial charge in [-0.05, 0) is 31.3 Å². The maximum atomic E-state index is 3.39. The number of hydrogen-bond donors (Lipinski definition) is 1. The van der Waals surface area contributed by atoms with E-state index in [9.17, 15) is 0 Å². The van der Waals surface area contributed by atoms with E-state index in [4.69, 9.17) is 0 Å². The van der Waals surface area contributed by atoms with Gasteiger partial charge in [-0.2, -0.15) is 0 Å². The molecule has 0 amide bonds. The van der Waals surface area contributed by atoms with Crippen molar-refractivity contribution in [2.75, 3.05) is 13.1 Å². The zero-order valence-corrected chi connectivity index (χ0v) is 7.71. The van der Waals surface area contributed by atoms with Gasteiger partial charge in [0, 0.05) is 0 Å². The molecule has 1 N–H and O–H groups in total. The van der Waals surface area contributed by atoms with Gasteiger partial charge in [0.2, 0.25) is 0 Å². The molecule has 2 atom stereocenters. The van der Waals surface area contributed by atoms with Crippen molar-refractivity contribution in [3.8, 4) is 0 Å². The molecule has 2 unspecified atom stereocenters. The van der Waals surface area contributed by atoms with E-state index in [0.717, 1.165) is 11.8 Å². The normalized spacial score (nSPS) is 27.6. The number of rotatable bonds is 2. The van der Waals surface area contributed by atoms with Crippen LogP contribution in [0.3, 0.4) is 0 Å². The summed E-state index contributed by atoms with van der Waals surface area (Å²) in [5, 5.41) is 3.39. The fourth-order valence-electron chi connectivity index (χ4n) is 1.50. The molecule has 0 bridgehead atoms. The number of halogens is 1. The summed E-state index contributed by atoms with van der Waals surface area (Å²) >= 11 is 0. The van der Waals surface area contributed by atoms with Gasteiger partial charge in [-0.3, -0.25) is 0 Å². The molecule has 0 spiro atoms. The second-order valence-electron chi connectivity index (χ2n) is 3.14. The quantitative estimate of drug-likeness (QED) is 0.658. The van der Waals surface area contributed by atoms with Gasteiger partial charge >= 0.3 is 0 Å². The molecule has 1 saturated heterocycles. The molecule has 0 aromatic rings. The third-order valence-electron chi connectivity index (χ3n) is 2.55. The second-order valence-corrected chi connectivity index (χ2v) is 3.14. The van der Waals surface area contributed by atoms with Crippen LogP contribution in [0.1, 0.15) is 26.7 Å². The van der Waals surface area contributed by atoms with Gasteiger partial charge in [0.05, 0.1) is 0 Å². The molecule has 10 heavy (non-hydrogen) atoms. The van der Waals surface area contributed by atoms with Crippen LogP contribution in [-0.2, 0) is 0 Å². The first-order valence-electron chi connectivity index (χ1n) is 4.05. The fourth-order valence-corrected chi connectivity index (χ4v) is 1.50. The molecule has 0 aliphatic carbocycles. The van der Waals surface area contributed by atoms with E-state index in [1.807, 2.05) is 0 Å². The van der Waals surface area contributed by atoms with Crippen LogP contribution in [0.5, 0.6) is 0 Å². The van der Waals surface area contributed by atoms with Crippen LogP contribution in [-0.4, -0.2) is 13.1 Å². The van der Waals surface area contributed by atoms with Crippen LogP contribution in [0.15, 0.2) is 0 Å². The summed E-state index contributed by atoms with van der Waals surface area (Å²) < 4.78 is 0. The first kappa shape index (κ1) is 10.2. The first-order valence-corrected chi connectivity index (χ1v) is 4.05. The van der Waals surface area contributed by atoms with Crippen molar-refractivity contribution >= 4 is 12.4 Å². The number of nitrogens with one attached hydrogen (secondary N) is 1. The lowest BCUT2D eigenvalue weighted by Crippen LogP contribution is -2.14. The summed E-state index contributed by atoms with van der Waals surface area (Å²) in [6, 6.07) is 0. The zero-order valence-electron chi connectivity index (χ0n) is 6.89. The summed E-state index contributed by atoms with van der Waals surface area (Å²) in [5.41, 5.74) is 0. The monoisotopic (exact) mass is 163 g/mol. The summed E-state index contributed by atoms with van der Waals surface area (Å²) in [7, 11) is 0. The standard InChI is InChI=1S/C8H17N.ClH/c1-3-7(2)8-4-5-9-6-8;/h7-9H,3-6H2,1-2H3;1H. The van der Waals surface area contributed by atoms with Gasteiger partial charge in [-0.1, -0.05) is 20.3 Å². The van der Waals surface area contributed by atoms with Crippen molar-refractivity contribution in [1.29, 1.82) is 0 Å². The third-order valence-corrected chi connectivity index (χ3v) is 2.55. The molecule has 1 aliphatic rings. The Morgan fingerprint density at radius 3 is 2.70 bits per heavy atom. The Morgan fingerprint density at radius 1 is 1.60 bits per heavy atom. The topological polar surface area (TPSA) is 12.0 Å². The molecule has 1 nitrogen and oxygen atoms in total. The lowest BCUT2D eigenvalue weighted by molar-refractivity contribution is 0.376. The first-order chi connectivity index (χ1) is 4.34. The van der Waals surface area contributed by atoms with E-state index in [-0.39, 0.29) is 12.4 Å². The Bertz CT molecular complexity index is 79.3. The molecule has 1 fully saturated rings. The summed E-state index contributed by atoms with van der Waals surface area (Å²) in [6.07, 6.45) is 2.74. The highest BCUT2D eigenvalue weighted by Crippen LogP contribution is 2.20. The molecule has 0 radical (unpaired) electrons. The van der Waals surface area contributed by atoms with E-state index >= 15 is 0 Å². The molecular formula is C8H18ClN. The molecule has 1 heterocycles. The minimum atomic E-state index is 0. The van der Waals surface area contributed by atoms with Crippen molar-refractivity contribution in [2.45, 2.75) is 26.7 Å². The minimum Gasteiger partial charge on any atom is -0.316 e. The highest BCUT2D eigenvalue weighted by atomic mass is 35.5. The van der Waals surface area contributed by atoms with Crippen LogP contribution >= 0.6 is 12.4 Å². The van der Waals surface area contributed by atoms with Gasteiger partial charge in [-0.25, -0.2) is 0 Å². The molecule has 1 rings (SSSR count). The van der Waals surface area contributed by atoms with Crippen molar-refractivity contribution in [3.63, 3.8) is 0 Å². The molecule has 0 aromatic carbocycles. The van der Waals surface area contributed by atoms with E-state index in [2.05, 4.69) is 19.2 Å². The highest BCUT2D eigenvalue weighted by Gasteiger charge is 2.18. The number of hydrogen-bond acceptors (Lipinski definition) is 1. The van der Waals surface area contributed by atoms with Crippen LogP contribution in [0.25, 0.3) is 0 Å². The summed E-state index contributed by atoms with van der Waals surface area (Å²) in [4.78, 5) is 0. The molecule has 0 aromatic heterocycles. The SMILES string of the molecule is CCC(C)C1CCNC1.Cl. The summed E-state index contributed by atoms with van der Waals surface area (Å²) in [5.74, 6) is 1.90. The molecule has 2 heteroatoms. The average molecular weight is 164 g/mol. The third kappa shape index (κ3) is 2.47. The molecule has 1 aliphatic heterocycles. The largest absolute Gasteiger partial charge is 0.316 e. The maximum absolute atomic E-state index is 3.39. The van der Waals surface area contributed by atoms with E-state index < -0.39 is 0 Å². The van der Waals surface area contributed by atoms with Crippen molar-refractivity contribution < 1.29 is 0 Å². The van der Waals surface area contributed by atoms with E-state index in [1.54, 1.807) is 0 Å². The smallest absolute Gasteiger partial charge is 0.00175 e. The lowest BCUT2D eigenvalue weighted by Gasteiger charge is -2.14. The Hall–Kier alpha value is 0.250. The second kappa shape index (κ2) is 4.97. The van der Waals surface area contributed by atoms with Gasteiger partial charge in [0.25, 0.3) is 0 Å². The van der Waals surface area contributed by atoms with Crippen LogP contribution < -0.4 is 5.32 Å². The molecule has 62 valence electrons. The van der Waals surface area contributed by atoms with Gasteiger partial charge in [0.15, 0.2) is 0 Å². The predicted octanol–water partition coefficient (Wildman–Crippen LogP) is 2.06. The van der Waals surface area contributed by atoms with Crippen LogP contribution in [0.2, 0.25) is 0 Å². The molecular weight excluding hydrogens is 146 g/mol. The van der Waals surface area contributed by atoms with E-state index in [0.29, 0.717) is 0 Å². The van der Waals surface area contributed by atoms with Crippen LogP contribution in [0, 0.1) is 11.8 Å². The van der Waals surface area contributed by atoms with Gasteiger partial charge < -0.3 is 5.32 Å². The lowest BCUT2D eigenvalue weighted by atomic mass is 9.91. The van der Waals surface area contributed by atoms with Crippen molar-refractivity contribution in [3.05, 3.63) is 0 Å². The average Bonchev–Trinajstić information content (AvgIpc) is 2.37. The zero-order chi connectivity index (χ0) is 6.69. The molecule has 0 saturated carbocycles. The Morgan fingerprint density at radius 2 is 2.30 bits per heavy atom. The summed E-state index contributed by atoms with van der Waals surface area (Å²) in [6.45, 7) is 7.14. The minimum absolute atomic E-state index is 0. The Balaban J connectivity index is 0.000000810. The maximum Gasteiger partial charge on any atom is -0.00175 e. The van der Waals surface area contributed by atoms with Crippen molar-refractivity contribution in [2.24, 2.45) is 11.8 Å². The van der Waals surface area contributed by atoms with Gasteiger partial charge in [0.1, 0.15) is 0 Å². The van der Waals surface area contributed by atoms with Gasteiger partial charge in [-0.15, -0.1) is 12.4 Å².